The average molecular weight is 457 g/mol. The van der Waals surface area contributed by atoms with E-state index in [9.17, 15) is 5.11 Å². The predicted molar refractivity (Wildman–Crippen MR) is 77.4 cm³/mol. The minimum atomic E-state index is -0.124. The quantitative estimate of drug-likeness (QED) is 0.554. The maximum absolute atomic E-state index is 10.4. The van der Waals surface area contributed by atoms with Gasteiger partial charge < -0.3 is 19.3 Å². The topological polar surface area (TPSA) is 57.8 Å². The van der Waals surface area contributed by atoms with Gasteiger partial charge in [0, 0.05) is 15.6 Å². The molecular formula is C12H9Br3O4. The molecule has 19 heavy (non-hydrogen) atoms. The fourth-order valence-corrected chi connectivity index (χ4v) is 3.99. The van der Waals surface area contributed by atoms with Gasteiger partial charge in [0.25, 0.3) is 0 Å². The summed E-state index contributed by atoms with van der Waals surface area (Å²) in [5.74, 6) is 0.216. The van der Waals surface area contributed by atoms with Crippen LogP contribution in [0.2, 0.25) is 0 Å². The van der Waals surface area contributed by atoms with Crippen LogP contribution >= 0.6 is 47.8 Å². The van der Waals surface area contributed by atoms with Crippen molar-refractivity contribution in [2.75, 3.05) is 13.2 Å². The number of hydrogen-bond donors (Lipinski definition) is 1. The van der Waals surface area contributed by atoms with Crippen molar-refractivity contribution in [3.05, 3.63) is 25.6 Å². The number of hydrogen-bond acceptors (Lipinski definition) is 4. The summed E-state index contributed by atoms with van der Waals surface area (Å²) in [5, 5.41) is 10.4. The van der Waals surface area contributed by atoms with Crippen LogP contribution in [-0.4, -0.2) is 23.3 Å². The monoisotopic (exact) mass is 454 g/mol. The predicted octanol–water partition coefficient (Wildman–Crippen LogP) is 3.85. The van der Waals surface area contributed by atoms with Gasteiger partial charge in [0.05, 0.1) is 17.7 Å². The second-order valence-corrected chi connectivity index (χ2v) is 7.26. The van der Waals surface area contributed by atoms with Gasteiger partial charge in [-0.2, -0.15) is 0 Å². The summed E-state index contributed by atoms with van der Waals surface area (Å²) in [5.41, 5.74) is 2.89. The van der Waals surface area contributed by atoms with Gasteiger partial charge >= 0.3 is 0 Å². The lowest BCUT2D eigenvalue weighted by molar-refractivity contribution is 0.376. The Balaban J connectivity index is 1.96. The Morgan fingerprint density at radius 3 is 1.95 bits per heavy atom. The summed E-state index contributed by atoms with van der Waals surface area (Å²) in [4.78, 5) is 0. The summed E-state index contributed by atoms with van der Waals surface area (Å²) < 4.78 is 17.8. The third-order valence-corrected chi connectivity index (χ3v) is 6.33. The molecule has 3 aliphatic heterocycles. The maximum atomic E-state index is 10.4. The lowest BCUT2D eigenvalue weighted by atomic mass is 9.94. The lowest BCUT2D eigenvalue weighted by Crippen LogP contribution is -2.02. The van der Waals surface area contributed by atoms with Crippen molar-refractivity contribution >= 4 is 47.8 Å². The van der Waals surface area contributed by atoms with Gasteiger partial charge in [0.15, 0.2) is 0 Å². The van der Waals surface area contributed by atoms with E-state index in [-0.39, 0.29) is 29.1 Å². The van der Waals surface area contributed by atoms with Gasteiger partial charge in [-0.15, -0.1) is 0 Å². The smallest absolute Gasteiger partial charge is 0.143 e. The molecule has 0 aliphatic carbocycles. The van der Waals surface area contributed by atoms with Gasteiger partial charge in [0.2, 0.25) is 0 Å². The molecule has 0 saturated carbocycles. The van der Waals surface area contributed by atoms with E-state index in [1.165, 1.54) is 0 Å². The second kappa shape index (κ2) is 4.42. The van der Waals surface area contributed by atoms with E-state index in [0.29, 0.717) is 17.7 Å². The molecule has 102 valence electrons. The van der Waals surface area contributed by atoms with Crippen LogP contribution in [0.25, 0.3) is 0 Å². The van der Waals surface area contributed by atoms with E-state index in [4.69, 9.17) is 14.2 Å². The van der Waals surface area contributed by atoms with Crippen molar-refractivity contribution in [1.29, 1.82) is 0 Å². The highest BCUT2D eigenvalue weighted by Gasteiger charge is 2.48. The van der Waals surface area contributed by atoms with E-state index < -0.39 is 0 Å². The highest BCUT2D eigenvalue weighted by atomic mass is 79.9. The molecule has 1 N–H and O–H groups in total. The van der Waals surface area contributed by atoms with Crippen LogP contribution in [-0.2, 0) is 14.2 Å². The third-order valence-electron chi connectivity index (χ3n) is 3.51. The fraction of sp³-hybridized carbons (Fsp3) is 0.500. The van der Waals surface area contributed by atoms with E-state index in [1.807, 2.05) is 0 Å². The number of benzene rings is 1. The molecule has 3 fully saturated rings. The van der Waals surface area contributed by atoms with Crippen LogP contribution in [0.15, 0.2) is 8.95 Å². The lowest BCUT2D eigenvalue weighted by Gasteiger charge is -2.16. The first-order valence-corrected chi connectivity index (χ1v) is 8.36. The van der Waals surface area contributed by atoms with Crippen LogP contribution in [0.5, 0.6) is 5.75 Å². The van der Waals surface area contributed by atoms with Crippen molar-refractivity contribution in [2.45, 2.75) is 23.3 Å². The maximum Gasteiger partial charge on any atom is 0.143 e. The van der Waals surface area contributed by atoms with Crippen molar-refractivity contribution in [3.63, 3.8) is 0 Å². The van der Waals surface area contributed by atoms with Crippen molar-refractivity contribution in [3.8, 4) is 5.75 Å². The molecule has 3 aliphatic rings. The minimum Gasteiger partial charge on any atom is -0.506 e. The van der Waals surface area contributed by atoms with Crippen LogP contribution in [0.3, 0.4) is 0 Å². The first-order valence-electron chi connectivity index (χ1n) is 5.86. The molecule has 4 rings (SSSR count). The SMILES string of the molecule is Oc1c(Br)c(Br)c(C2CO2)c(C2CO2)c1C1OC1Br. The van der Waals surface area contributed by atoms with E-state index in [2.05, 4.69) is 47.8 Å². The molecule has 4 unspecified atom stereocenters. The van der Waals surface area contributed by atoms with Gasteiger partial charge in [0.1, 0.15) is 29.1 Å². The number of ether oxygens (including phenoxy) is 3. The van der Waals surface area contributed by atoms with Gasteiger partial charge in [-0.05, 0) is 37.4 Å². The second-order valence-electron chi connectivity index (χ2n) is 4.77. The molecule has 3 heterocycles. The largest absolute Gasteiger partial charge is 0.506 e. The third kappa shape index (κ3) is 2.10. The molecule has 0 bridgehead atoms. The van der Waals surface area contributed by atoms with Crippen molar-refractivity contribution < 1.29 is 19.3 Å². The summed E-state index contributed by atoms with van der Waals surface area (Å²) in [7, 11) is 0. The molecule has 0 amide bonds. The molecule has 4 atom stereocenters. The Labute approximate surface area is 134 Å². The number of phenolic OH excluding ortho intramolecular Hbond substituents is 1. The Kier molecular flexibility index (Phi) is 3.03. The Bertz CT molecular complexity index is 569. The van der Waals surface area contributed by atoms with Crippen LogP contribution < -0.4 is 0 Å². The molecule has 1 aromatic carbocycles. The summed E-state index contributed by atoms with van der Waals surface area (Å²) >= 11 is 10.4. The molecular weight excluding hydrogens is 448 g/mol. The number of epoxide rings is 3. The standard InChI is InChI=1S/C12H9Br3O4/c13-8-6(4-2-18-4)5(3-1-17-3)7(10(16)9(8)14)11-12(15)19-11/h3-4,11-12,16H,1-2H2. The molecule has 0 spiro atoms. The zero-order valence-electron chi connectivity index (χ0n) is 9.53. The fourth-order valence-electron chi connectivity index (χ4n) is 2.40. The zero-order valence-corrected chi connectivity index (χ0v) is 14.3. The highest BCUT2D eigenvalue weighted by molar-refractivity contribution is 9.13. The van der Waals surface area contributed by atoms with Crippen LogP contribution in [0, 0.1) is 0 Å². The van der Waals surface area contributed by atoms with Crippen molar-refractivity contribution in [2.24, 2.45) is 0 Å². The Morgan fingerprint density at radius 1 is 0.947 bits per heavy atom. The van der Waals surface area contributed by atoms with Crippen LogP contribution in [0.1, 0.15) is 35.0 Å². The minimum absolute atomic E-state index is 0.0356. The number of aromatic hydroxyl groups is 1. The average Bonchev–Trinajstić information content (AvgIpc) is 3.22. The highest BCUT2D eigenvalue weighted by Crippen LogP contribution is 2.57. The summed E-state index contributed by atoms with van der Waals surface area (Å²) in [6.07, 6.45) is -0.00810. The van der Waals surface area contributed by atoms with Crippen LogP contribution in [0.4, 0.5) is 0 Å². The molecule has 0 aromatic heterocycles. The zero-order chi connectivity index (χ0) is 13.3. The molecule has 7 heteroatoms. The Morgan fingerprint density at radius 2 is 1.47 bits per heavy atom. The number of halogens is 3. The summed E-state index contributed by atoms with van der Waals surface area (Å²) in [6, 6.07) is 0. The van der Waals surface area contributed by atoms with Gasteiger partial charge in [-0.3, -0.25) is 0 Å². The van der Waals surface area contributed by atoms with E-state index >= 15 is 0 Å². The van der Waals surface area contributed by atoms with E-state index in [0.717, 1.165) is 21.2 Å². The van der Waals surface area contributed by atoms with E-state index in [1.54, 1.807) is 0 Å². The van der Waals surface area contributed by atoms with Gasteiger partial charge in [-0.25, -0.2) is 0 Å². The molecule has 4 nitrogen and oxygen atoms in total. The normalized spacial score (nSPS) is 35.3. The number of alkyl halides is 1. The number of phenols is 1. The Hall–Kier alpha value is 0.340. The summed E-state index contributed by atoms with van der Waals surface area (Å²) in [6.45, 7) is 1.39. The first-order chi connectivity index (χ1) is 9.09. The first kappa shape index (κ1) is 13.0. The molecule has 0 radical (unpaired) electrons. The molecule has 1 aromatic rings. The van der Waals surface area contributed by atoms with Crippen molar-refractivity contribution in [1.82, 2.24) is 0 Å². The number of rotatable bonds is 3. The van der Waals surface area contributed by atoms with Gasteiger partial charge in [-0.1, -0.05) is 15.9 Å². The molecule has 3 saturated heterocycles.